The molecule has 1 heterocycles. The van der Waals surface area contributed by atoms with Crippen LogP contribution in [0.3, 0.4) is 0 Å². The Morgan fingerprint density at radius 3 is 2.83 bits per heavy atom. The largest absolute Gasteiger partial charge is 0.389 e. The molecule has 1 unspecified atom stereocenters. The van der Waals surface area contributed by atoms with E-state index in [1.165, 1.54) is 0 Å². The predicted octanol–water partition coefficient (Wildman–Crippen LogP) is 0.845. The maximum Gasteiger partial charge on any atom is 0.269 e. The zero-order valence-corrected chi connectivity index (χ0v) is 10.8. The SMILES string of the molecule is CC(C)COCC(O)CNC(=O)c1ccccn1. The van der Waals surface area contributed by atoms with Gasteiger partial charge in [0.15, 0.2) is 0 Å². The van der Waals surface area contributed by atoms with E-state index in [0.29, 0.717) is 18.2 Å². The molecule has 0 aliphatic heterocycles. The second-order valence-corrected chi connectivity index (χ2v) is 4.51. The van der Waals surface area contributed by atoms with Crippen molar-refractivity contribution in [2.45, 2.75) is 20.0 Å². The summed E-state index contributed by atoms with van der Waals surface area (Å²) in [6.45, 7) is 5.06. The van der Waals surface area contributed by atoms with Gasteiger partial charge in [-0.3, -0.25) is 9.78 Å². The molecule has 0 spiro atoms. The number of nitrogens with one attached hydrogen (secondary N) is 1. The van der Waals surface area contributed by atoms with Gasteiger partial charge >= 0.3 is 0 Å². The lowest BCUT2D eigenvalue weighted by atomic mass is 10.2. The molecule has 2 N–H and O–H groups in total. The van der Waals surface area contributed by atoms with Crippen molar-refractivity contribution < 1.29 is 14.6 Å². The van der Waals surface area contributed by atoms with Gasteiger partial charge in [0.25, 0.3) is 5.91 Å². The Morgan fingerprint density at radius 2 is 2.22 bits per heavy atom. The average Bonchev–Trinajstić information content (AvgIpc) is 2.36. The molecular formula is C13H20N2O3. The highest BCUT2D eigenvalue weighted by Gasteiger charge is 2.09. The van der Waals surface area contributed by atoms with Crippen LogP contribution in [0.5, 0.6) is 0 Å². The number of carbonyl (C=O) groups is 1. The molecule has 0 saturated heterocycles. The molecule has 100 valence electrons. The van der Waals surface area contributed by atoms with Gasteiger partial charge in [-0.2, -0.15) is 0 Å². The van der Waals surface area contributed by atoms with Crippen molar-refractivity contribution in [3.63, 3.8) is 0 Å². The summed E-state index contributed by atoms with van der Waals surface area (Å²) in [5.74, 6) is 0.138. The molecule has 0 bridgehead atoms. The first-order valence-electron chi connectivity index (χ1n) is 6.04. The lowest BCUT2D eigenvalue weighted by Gasteiger charge is -2.13. The van der Waals surface area contributed by atoms with Crippen LogP contribution in [0.4, 0.5) is 0 Å². The fraction of sp³-hybridized carbons (Fsp3) is 0.538. The summed E-state index contributed by atoms with van der Waals surface area (Å²) in [5, 5.41) is 12.2. The van der Waals surface area contributed by atoms with Crippen LogP contribution >= 0.6 is 0 Å². The van der Waals surface area contributed by atoms with E-state index in [0.717, 1.165) is 0 Å². The van der Waals surface area contributed by atoms with Crippen LogP contribution in [0.25, 0.3) is 0 Å². The smallest absolute Gasteiger partial charge is 0.269 e. The standard InChI is InChI=1S/C13H20N2O3/c1-10(2)8-18-9-11(16)7-15-13(17)12-5-3-4-6-14-12/h3-6,10-11,16H,7-9H2,1-2H3,(H,15,17). The van der Waals surface area contributed by atoms with E-state index >= 15 is 0 Å². The van der Waals surface area contributed by atoms with Crippen molar-refractivity contribution in [1.29, 1.82) is 0 Å². The summed E-state index contributed by atoms with van der Waals surface area (Å²) in [4.78, 5) is 15.5. The molecule has 5 heteroatoms. The predicted molar refractivity (Wildman–Crippen MR) is 68.2 cm³/mol. The third-order valence-corrected chi connectivity index (χ3v) is 2.16. The number of aromatic nitrogens is 1. The summed E-state index contributed by atoms with van der Waals surface area (Å²) < 4.78 is 5.28. The van der Waals surface area contributed by atoms with Crippen LogP contribution in [0.1, 0.15) is 24.3 Å². The monoisotopic (exact) mass is 252 g/mol. The van der Waals surface area contributed by atoms with Crippen LogP contribution in [0, 0.1) is 5.92 Å². The van der Waals surface area contributed by atoms with E-state index < -0.39 is 6.10 Å². The van der Waals surface area contributed by atoms with Gasteiger partial charge in [0, 0.05) is 19.3 Å². The summed E-state index contributed by atoms with van der Waals surface area (Å²) in [5.41, 5.74) is 0.341. The Kier molecular flexibility index (Phi) is 6.32. The summed E-state index contributed by atoms with van der Waals surface area (Å²) in [6.07, 6.45) is 0.855. The van der Waals surface area contributed by atoms with E-state index in [9.17, 15) is 9.90 Å². The fourth-order valence-electron chi connectivity index (χ4n) is 1.30. The average molecular weight is 252 g/mol. The van der Waals surface area contributed by atoms with Gasteiger partial charge in [-0.15, -0.1) is 0 Å². The van der Waals surface area contributed by atoms with Gasteiger partial charge < -0.3 is 15.2 Å². The molecule has 0 aliphatic carbocycles. The molecule has 0 aliphatic rings. The first-order chi connectivity index (χ1) is 8.59. The molecule has 18 heavy (non-hydrogen) atoms. The number of amides is 1. The minimum atomic E-state index is -0.698. The number of hydrogen-bond acceptors (Lipinski definition) is 4. The van der Waals surface area contributed by atoms with Gasteiger partial charge in [0.1, 0.15) is 5.69 Å². The molecular weight excluding hydrogens is 232 g/mol. The Morgan fingerprint density at radius 1 is 1.44 bits per heavy atom. The Hall–Kier alpha value is -1.46. The number of aliphatic hydroxyl groups excluding tert-OH is 1. The van der Waals surface area contributed by atoms with Gasteiger partial charge in [0.05, 0.1) is 12.7 Å². The third kappa shape index (κ3) is 5.75. The fourth-order valence-corrected chi connectivity index (χ4v) is 1.30. The first kappa shape index (κ1) is 14.6. The lowest BCUT2D eigenvalue weighted by Crippen LogP contribution is -2.35. The second kappa shape index (κ2) is 7.79. The van der Waals surface area contributed by atoms with E-state index in [-0.39, 0.29) is 19.1 Å². The van der Waals surface area contributed by atoms with E-state index in [1.54, 1.807) is 24.4 Å². The van der Waals surface area contributed by atoms with Crippen molar-refractivity contribution in [2.24, 2.45) is 5.92 Å². The number of aliphatic hydroxyl groups is 1. The molecule has 0 aromatic carbocycles. The van der Waals surface area contributed by atoms with Gasteiger partial charge in [-0.1, -0.05) is 19.9 Å². The quantitative estimate of drug-likeness (QED) is 0.754. The summed E-state index contributed by atoms with van der Waals surface area (Å²) in [6, 6.07) is 5.10. The minimum Gasteiger partial charge on any atom is -0.389 e. The Labute approximate surface area is 107 Å². The normalized spacial score (nSPS) is 12.4. The molecule has 0 fully saturated rings. The number of nitrogens with zero attached hydrogens (tertiary/aromatic N) is 1. The zero-order chi connectivity index (χ0) is 13.4. The van der Waals surface area contributed by atoms with Crippen molar-refractivity contribution in [3.05, 3.63) is 30.1 Å². The molecule has 0 radical (unpaired) electrons. The molecule has 0 saturated carbocycles. The molecule has 1 aromatic rings. The molecule has 1 aromatic heterocycles. The first-order valence-corrected chi connectivity index (χ1v) is 6.04. The van der Waals surface area contributed by atoms with Gasteiger partial charge in [0.2, 0.25) is 0 Å². The van der Waals surface area contributed by atoms with E-state index in [2.05, 4.69) is 10.3 Å². The van der Waals surface area contributed by atoms with Crippen LogP contribution in [-0.2, 0) is 4.74 Å². The van der Waals surface area contributed by atoms with Crippen molar-refractivity contribution in [3.8, 4) is 0 Å². The number of rotatable bonds is 7. The summed E-state index contributed by atoms with van der Waals surface area (Å²) >= 11 is 0. The van der Waals surface area contributed by atoms with Gasteiger partial charge in [-0.25, -0.2) is 0 Å². The summed E-state index contributed by atoms with van der Waals surface area (Å²) in [7, 11) is 0. The van der Waals surface area contributed by atoms with Crippen LogP contribution in [0.2, 0.25) is 0 Å². The van der Waals surface area contributed by atoms with E-state index in [1.807, 2.05) is 13.8 Å². The van der Waals surface area contributed by atoms with Gasteiger partial charge in [-0.05, 0) is 18.1 Å². The lowest BCUT2D eigenvalue weighted by molar-refractivity contribution is 0.0259. The Bertz CT molecular complexity index is 355. The molecule has 1 rings (SSSR count). The third-order valence-electron chi connectivity index (χ3n) is 2.16. The highest BCUT2D eigenvalue weighted by atomic mass is 16.5. The molecule has 1 amide bonds. The zero-order valence-electron chi connectivity index (χ0n) is 10.8. The van der Waals surface area contributed by atoms with Crippen molar-refractivity contribution in [1.82, 2.24) is 10.3 Å². The minimum absolute atomic E-state index is 0.160. The number of hydrogen-bond donors (Lipinski definition) is 2. The number of carbonyl (C=O) groups excluding carboxylic acids is 1. The van der Waals surface area contributed by atoms with Crippen molar-refractivity contribution in [2.75, 3.05) is 19.8 Å². The maximum atomic E-state index is 11.6. The number of ether oxygens (including phenoxy) is 1. The van der Waals surface area contributed by atoms with Crippen LogP contribution in [-0.4, -0.2) is 41.9 Å². The molecule has 1 atom stereocenters. The topological polar surface area (TPSA) is 71.5 Å². The maximum absolute atomic E-state index is 11.6. The van der Waals surface area contributed by atoms with Crippen molar-refractivity contribution >= 4 is 5.91 Å². The Balaban J connectivity index is 2.22. The van der Waals surface area contributed by atoms with Crippen LogP contribution in [0.15, 0.2) is 24.4 Å². The van der Waals surface area contributed by atoms with E-state index in [4.69, 9.17) is 4.74 Å². The highest BCUT2D eigenvalue weighted by Crippen LogP contribution is 1.95. The number of pyridine rings is 1. The van der Waals surface area contributed by atoms with Crippen LogP contribution < -0.4 is 5.32 Å². The molecule has 5 nitrogen and oxygen atoms in total. The highest BCUT2D eigenvalue weighted by molar-refractivity contribution is 5.92. The second-order valence-electron chi connectivity index (χ2n) is 4.51.